The first-order chi connectivity index (χ1) is 9.58. The molecule has 104 valence electrons. The quantitative estimate of drug-likeness (QED) is 0.873. The standard InChI is InChI=1S/C15H14BrNO3/c1-20-14-7-12(16)6-13(8-14)17-9-10-2-4-11(5-3-10)15(18)19/h2-8,17H,9H2,1H3,(H,18,19). The molecule has 2 N–H and O–H groups in total. The summed E-state index contributed by atoms with van der Waals surface area (Å²) in [5, 5.41) is 12.1. The second kappa shape index (κ2) is 6.43. The van der Waals surface area contributed by atoms with Crippen LogP contribution in [0.4, 0.5) is 5.69 Å². The van der Waals surface area contributed by atoms with E-state index in [9.17, 15) is 4.79 Å². The van der Waals surface area contributed by atoms with Crippen LogP contribution in [0.1, 0.15) is 15.9 Å². The van der Waals surface area contributed by atoms with E-state index in [4.69, 9.17) is 9.84 Å². The molecule has 0 radical (unpaired) electrons. The molecule has 20 heavy (non-hydrogen) atoms. The zero-order valence-corrected chi connectivity index (χ0v) is 12.5. The molecule has 0 aromatic heterocycles. The van der Waals surface area contributed by atoms with Gasteiger partial charge in [0.25, 0.3) is 0 Å². The van der Waals surface area contributed by atoms with Crippen molar-refractivity contribution in [2.75, 3.05) is 12.4 Å². The van der Waals surface area contributed by atoms with E-state index in [0.29, 0.717) is 6.54 Å². The van der Waals surface area contributed by atoms with Crippen LogP contribution in [0, 0.1) is 0 Å². The third-order valence-electron chi connectivity index (χ3n) is 2.80. The van der Waals surface area contributed by atoms with Crippen LogP contribution in [-0.2, 0) is 6.54 Å². The lowest BCUT2D eigenvalue weighted by Gasteiger charge is -2.09. The fourth-order valence-corrected chi connectivity index (χ4v) is 2.22. The smallest absolute Gasteiger partial charge is 0.335 e. The second-order valence-electron chi connectivity index (χ2n) is 4.24. The topological polar surface area (TPSA) is 58.6 Å². The number of hydrogen-bond donors (Lipinski definition) is 2. The molecule has 0 bridgehead atoms. The van der Waals surface area contributed by atoms with Crippen LogP contribution in [-0.4, -0.2) is 18.2 Å². The predicted octanol–water partition coefficient (Wildman–Crippen LogP) is 3.77. The fourth-order valence-electron chi connectivity index (χ4n) is 1.75. The Morgan fingerprint density at radius 1 is 1.25 bits per heavy atom. The molecular formula is C15H14BrNO3. The Labute approximate surface area is 125 Å². The van der Waals surface area contributed by atoms with E-state index in [1.165, 1.54) is 0 Å². The highest BCUT2D eigenvalue weighted by molar-refractivity contribution is 9.10. The van der Waals surface area contributed by atoms with Crippen molar-refractivity contribution in [1.29, 1.82) is 0 Å². The van der Waals surface area contributed by atoms with Crippen molar-refractivity contribution in [3.63, 3.8) is 0 Å². The summed E-state index contributed by atoms with van der Waals surface area (Å²) < 4.78 is 6.13. The maximum atomic E-state index is 10.8. The highest BCUT2D eigenvalue weighted by Crippen LogP contribution is 2.24. The zero-order valence-electron chi connectivity index (χ0n) is 10.9. The SMILES string of the molecule is COc1cc(Br)cc(NCc2ccc(C(=O)O)cc2)c1. The lowest BCUT2D eigenvalue weighted by Crippen LogP contribution is -2.01. The third kappa shape index (κ3) is 3.74. The summed E-state index contributed by atoms with van der Waals surface area (Å²) >= 11 is 3.42. The van der Waals surface area contributed by atoms with Gasteiger partial charge in [-0.15, -0.1) is 0 Å². The molecule has 0 spiro atoms. The molecule has 0 saturated carbocycles. The summed E-state index contributed by atoms with van der Waals surface area (Å²) in [6.45, 7) is 0.611. The third-order valence-corrected chi connectivity index (χ3v) is 3.26. The number of aromatic carboxylic acids is 1. The van der Waals surface area contributed by atoms with Crippen LogP contribution in [0.5, 0.6) is 5.75 Å². The number of hydrogen-bond acceptors (Lipinski definition) is 3. The molecule has 0 aliphatic heterocycles. The lowest BCUT2D eigenvalue weighted by molar-refractivity contribution is 0.0697. The number of carboxylic acid groups (broad SMARTS) is 1. The van der Waals surface area contributed by atoms with Crippen LogP contribution in [0.2, 0.25) is 0 Å². The van der Waals surface area contributed by atoms with Gasteiger partial charge in [-0.05, 0) is 29.8 Å². The number of nitrogens with one attached hydrogen (secondary N) is 1. The van der Waals surface area contributed by atoms with Gasteiger partial charge in [0.2, 0.25) is 0 Å². The molecule has 0 aliphatic rings. The fraction of sp³-hybridized carbons (Fsp3) is 0.133. The Bertz CT molecular complexity index is 611. The number of ether oxygens (including phenoxy) is 1. The molecule has 0 fully saturated rings. The number of halogens is 1. The van der Waals surface area contributed by atoms with E-state index in [0.717, 1.165) is 21.5 Å². The summed E-state index contributed by atoms with van der Waals surface area (Å²) in [5.41, 5.74) is 2.23. The van der Waals surface area contributed by atoms with Crippen molar-refractivity contribution in [3.05, 3.63) is 58.1 Å². The first kappa shape index (κ1) is 14.4. The van der Waals surface area contributed by atoms with Crippen LogP contribution in [0.3, 0.4) is 0 Å². The van der Waals surface area contributed by atoms with Crippen molar-refractivity contribution < 1.29 is 14.6 Å². The summed E-state index contributed by atoms with van der Waals surface area (Å²) in [5.74, 6) is -0.149. The Hall–Kier alpha value is -2.01. The van der Waals surface area contributed by atoms with Gasteiger partial charge >= 0.3 is 5.97 Å². The Balaban J connectivity index is 2.04. The highest BCUT2D eigenvalue weighted by atomic mass is 79.9. The number of benzene rings is 2. The Kier molecular flexibility index (Phi) is 4.63. The molecular weight excluding hydrogens is 322 g/mol. The minimum atomic E-state index is -0.916. The Morgan fingerprint density at radius 3 is 2.55 bits per heavy atom. The lowest BCUT2D eigenvalue weighted by atomic mass is 10.1. The van der Waals surface area contributed by atoms with Crippen LogP contribution >= 0.6 is 15.9 Å². The van der Waals surface area contributed by atoms with Gasteiger partial charge in [-0.2, -0.15) is 0 Å². The molecule has 0 aliphatic carbocycles. The van der Waals surface area contributed by atoms with Crippen molar-refractivity contribution in [1.82, 2.24) is 0 Å². The predicted molar refractivity (Wildman–Crippen MR) is 81.4 cm³/mol. The highest BCUT2D eigenvalue weighted by Gasteiger charge is 2.03. The van der Waals surface area contributed by atoms with Gasteiger partial charge in [0.05, 0.1) is 12.7 Å². The van der Waals surface area contributed by atoms with Gasteiger partial charge in [0.1, 0.15) is 5.75 Å². The van der Waals surface area contributed by atoms with Crippen LogP contribution in [0.15, 0.2) is 46.9 Å². The Morgan fingerprint density at radius 2 is 1.95 bits per heavy atom. The first-order valence-electron chi connectivity index (χ1n) is 5.99. The number of carbonyl (C=O) groups is 1. The van der Waals surface area contributed by atoms with Gasteiger partial charge in [0, 0.05) is 22.8 Å². The van der Waals surface area contributed by atoms with Crippen LogP contribution < -0.4 is 10.1 Å². The number of rotatable bonds is 5. The minimum absolute atomic E-state index is 0.290. The summed E-state index contributed by atoms with van der Waals surface area (Å²) in [6.07, 6.45) is 0. The van der Waals surface area contributed by atoms with Gasteiger partial charge in [-0.3, -0.25) is 0 Å². The number of carboxylic acids is 1. The molecule has 0 atom stereocenters. The molecule has 2 rings (SSSR count). The van der Waals surface area contributed by atoms with E-state index in [-0.39, 0.29) is 5.56 Å². The normalized spacial score (nSPS) is 10.1. The molecule has 5 heteroatoms. The molecule has 2 aromatic carbocycles. The molecule has 4 nitrogen and oxygen atoms in total. The average Bonchev–Trinajstić information content (AvgIpc) is 2.45. The van der Waals surface area contributed by atoms with Gasteiger partial charge in [-0.25, -0.2) is 4.79 Å². The van der Waals surface area contributed by atoms with E-state index >= 15 is 0 Å². The van der Waals surface area contributed by atoms with Crippen LogP contribution in [0.25, 0.3) is 0 Å². The van der Waals surface area contributed by atoms with Crippen molar-refractivity contribution in [3.8, 4) is 5.75 Å². The molecule has 0 unspecified atom stereocenters. The number of methoxy groups -OCH3 is 1. The number of anilines is 1. The van der Waals surface area contributed by atoms with Gasteiger partial charge < -0.3 is 15.2 Å². The van der Waals surface area contributed by atoms with Crippen molar-refractivity contribution >= 4 is 27.6 Å². The molecule has 0 saturated heterocycles. The maximum absolute atomic E-state index is 10.8. The summed E-state index contributed by atoms with van der Waals surface area (Å²) in [6, 6.07) is 12.5. The average molecular weight is 336 g/mol. The minimum Gasteiger partial charge on any atom is -0.497 e. The monoisotopic (exact) mass is 335 g/mol. The van der Waals surface area contributed by atoms with Crippen molar-refractivity contribution in [2.45, 2.75) is 6.54 Å². The first-order valence-corrected chi connectivity index (χ1v) is 6.78. The maximum Gasteiger partial charge on any atom is 0.335 e. The van der Waals surface area contributed by atoms with E-state index in [1.807, 2.05) is 18.2 Å². The molecule has 2 aromatic rings. The van der Waals surface area contributed by atoms with Crippen molar-refractivity contribution in [2.24, 2.45) is 0 Å². The molecule has 0 heterocycles. The van der Waals surface area contributed by atoms with E-state index in [1.54, 1.807) is 31.4 Å². The van der Waals surface area contributed by atoms with E-state index in [2.05, 4.69) is 21.2 Å². The zero-order chi connectivity index (χ0) is 14.5. The van der Waals surface area contributed by atoms with Gasteiger partial charge in [-0.1, -0.05) is 28.1 Å². The second-order valence-corrected chi connectivity index (χ2v) is 5.15. The summed E-state index contributed by atoms with van der Waals surface area (Å²) in [4.78, 5) is 10.8. The molecule has 0 amide bonds. The van der Waals surface area contributed by atoms with Gasteiger partial charge in [0.15, 0.2) is 0 Å². The summed E-state index contributed by atoms with van der Waals surface area (Å²) in [7, 11) is 1.62. The largest absolute Gasteiger partial charge is 0.497 e. The van der Waals surface area contributed by atoms with E-state index < -0.39 is 5.97 Å².